The van der Waals surface area contributed by atoms with Gasteiger partial charge in [0.25, 0.3) is 0 Å². The third-order valence-corrected chi connectivity index (χ3v) is 2.13. The number of hydrogen-bond donors (Lipinski definition) is 1. The minimum Gasteiger partial charge on any atom is -0.375 e. The number of thiazole rings is 1. The molecule has 0 aromatic carbocycles. The molecule has 0 atom stereocenters. The molecule has 0 aliphatic heterocycles. The van der Waals surface area contributed by atoms with Gasteiger partial charge in [0.1, 0.15) is 0 Å². The first-order chi connectivity index (χ1) is 5.36. The third-order valence-electron chi connectivity index (χ3n) is 1.22. The lowest BCUT2D eigenvalue weighted by molar-refractivity contribution is 0.132. The largest absolute Gasteiger partial charge is 0.375 e. The third kappa shape index (κ3) is 2.48. The molecule has 0 aliphatic carbocycles. The zero-order chi connectivity index (χ0) is 8.10. The molecular weight excluding hydrogens is 160 g/mol. The molecule has 0 amide bonds. The van der Waals surface area contributed by atoms with Crippen LogP contribution in [0.4, 0.5) is 5.13 Å². The Hall–Kier alpha value is -0.610. The van der Waals surface area contributed by atoms with E-state index in [4.69, 9.17) is 4.74 Å². The lowest BCUT2D eigenvalue weighted by atomic mass is 10.5. The fraction of sp³-hybridized carbons (Fsp3) is 0.571. The molecule has 0 fully saturated rings. The summed E-state index contributed by atoms with van der Waals surface area (Å²) in [4.78, 5) is 4.25. The molecule has 11 heavy (non-hydrogen) atoms. The number of nitrogens with one attached hydrogen (secondary N) is 1. The van der Waals surface area contributed by atoms with Crippen molar-refractivity contribution in [1.82, 2.24) is 4.98 Å². The lowest BCUT2D eigenvalue weighted by Gasteiger charge is -1.94. The van der Waals surface area contributed by atoms with Crippen LogP contribution in [0.3, 0.4) is 0 Å². The van der Waals surface area contributed by atoms with Crippen molar-refractivity contribution in [2.24, 2.45) is 0 Å². The van der Waals surface area contributed by atoms with E-state index in [1.807, 2.05) is 19.4 Å². The zero-order valence-electron chi connectivity index (χ0n) is 6.76. The van der Waals surface area contributed by atoms with E-state index in [2.05, 4.69) is 10.3 Å². The maximum absolute atomic E-state index is 5.19. The highest BCUT2D eigenvalue weighted by Gasteiger charge is 1.98. The van der Waals surface area contributed by atoms with Gasteiger partial charge in [-0.1, -0.05) is 0 Å². The fourth-order valence-corrected chi connectivity index (χ4v) is 1.35. The molecule has 0 saturated carbocycles. The van der Waals surface area contributed by atoms with Crippen LogP contribution in [0.25, 0.3) is 0 Å². The first-order valence-corrected chi connectivity index (χ1v) is 4.44. The Morgan fingerprint density at radius 3 is 3.09 bits per heavy atom. The van der Waals surface area contributed by atoms with Crippen molar-refractivity contribution < 1.29 is 4.74 Å². The van der Waals surface area contributed by atoms with Crippen LogP contribution >= 0.6 is 11.3 Å². The van der Waals surface area contributed by atoms with E-state index < -0.39 is 0 Å². The number of ether oxygens (including phenoxy) is 1. The van der Waals surface area contributed by atoms with Gasteiger partial charge in [-0.2, -0.15) is 0 Å². The summed E-state index contributed by atoms with van der Waals surface area (Å²) in [5, 5.41) is 5.92. The second-order valence-electron chi connectivity index (χ2n) is 2.03. The molecule has 0 radical (unpaired) electrons. The molecule has 4 heteroatoms. The van der Waals surface area contributed by atoms with Gasteiger partial charge in [0.05, 0.1) is 12.3 Å². The standard InChI is InChI=1S/C7H12N2OS/c1-3-10-4-6-5-11-7(8-2)9-6/h5H,3-4H2,1-2H3,(H,8,9). The molecule has 1 rings (SSSR count). The quantitative estimate of drug-likeness (QED) is 0.751. The molecule has 0 bridgehead atoms. The first kappa shape index (κ1) is 8.49. The SMILES string of the molecule is CCOCc1csc(NC)n1. The van der Waals surface area contributed by atoms with E-state index in [1.54, 1.807) is 11.3 Å². The van der Waals surface area contributed by atoms with Gasteiger partial charge < -0.3 is 10.1 Å². The van der Waals surface area contributed by atoms with Crippen molar-refractivity contribution >= 4 is 16.5 Å². The van der Waals surface area contributed by atoms with Crippen LogP contribution in [0, 0.1) is 0 Å². The maximum atomic E-state index is 5.19. The van der Waals surface area contributed by atoms with Crippen LogP contribution in [-0.2, 0) is 11.3 Å². The van der Waals surface area contributed by atoms with Crippen LogP contribution in [0.2, 0.25) is 0 Å². The highest BCUT2D eigenvalue weighted by Crippen LogP contribution is 2.14. The molecule has 0 saturated heterocycles. The molecule has 0 aliphatic rings. The van der Waals surface area contributed by atoms with Crippen LogP contribution in [0.15, 0.2) is 5.38 Å². The molecule has 0 unspecified atom stereocenters. The van der Waals surface area contributed by atoms with Crippen molar-refractivity contribution in [3.8, 4) is 0 Å². The van der Waals surface area contributed by atoms with Gasteiger partial charge in [-0.3, -0.25) is 0 Å². The van der Waals surface area contributed by atoms with Crippen LogP contribution < -0.4 is 5.32 Å². The highest BCUT2D eigenvalue weighted by atomic mass is 32.1. The summed E-state index contributed by atoms with van der Waals surface area (Å²) >= 11 is 1.60. The van der Waals surface area contributed by atoms with Gasteiger partial charge in [0, 0.05) is 19.0 Å². The Labute approximate surface area is 70.4 Å². The Morgan fingerprint density at radius 2 is 2.55 bits per heavy atom. The highest BCUT2D eigenvalue weighted by molar-refractivity contribution is 7.13. The number of hydrogen-bond acceptors (Lipinski definition) is 4. The minimum atomic E-state index is 0.620. The molecule has 1 aromatic rings. The van der Waals surface area contributed by atoms with E-state index >= 15 is 0 Å². The van der Waals surface area contributed by atoms with E-state index in [-0.39, 0.29) is 0 Å². The summed E-state index contributed by atoms with van der Waals surface area (Å²) in [6.07, 6.45) is 0. The first-order valence-electron chi connectivity index (χ1n) is 3.56. The van der Waals surface area contributed by atoms with Gasteiger partial charge in [-0.15, -0.1) is 11.3 Å². The van der Waals surface area contributed by atoms with Crippen molar-refractivity contribution in [1.29, 1.82) is 0 Å². The van der Waals surface area contributed by atoms with Crippen molar-refractivity contribution in [2.75, 3.05) is 19.0 Å². The summed E-state index contributed by atoms with van der Waals surface area (Å²) in [6.45, 7) is 3.34. The van der Waals surface area contributed by atoms with Gasteiger partial charge in [0.15, 0.2) is 5.13 Å². The van der Waals surface area contributed by atoms with Crippen molar-refractivity contribution in [2.45, 2.75) is 13.5 Å². The van der Waals surface area contributed by atoms with Crippen LogP contribution in [0.5, 0.6) is 0 Å². The van der Waals surface area contributed by atoms with E-state index in [0.717, 1.165) is 17.4 Å². The second-order valence-corrected chi connectivity index (χ2v) is 2.89. The smallest absolute Gasteiger partial charge is 0.182 e. The Bertz CT molecular complexity index is 212. The molecule has 62 valence electrons. The van der Waals surface area contributed by atoms with Gasteiger partial charge in [0.2, 0.25) is 0 Å². The molecule has 3 nitrogen and oxygen atoms in total. The van der Waals surface area contributed by atoms with Crippen LogP contribution in [-0.4, -0.2) is 18.6 Å². The molecule has 1 N–H and O–H groups in total. The molecule has 1 heterocycles. The molecule has 1 aromatic heterocycles. The second kappa shape index (κ2) is 4.31. The maximum Gasteiger partial charge on any atom is 0.182 e. The predicted octanol–water partition coefficient (Wildman–Crippen LogP) is 1.72. The van der Waals surface area contributed by atoms with E-state index in [9.17, 15) is 0 Å². The number of aromatic nitrogens is 1. The summed E-state index contributed by atoms with van der Waals surface area (Å²) in [5.74, 6) is 0. The van der Waals surface area contributed by atoms with Gasteiger partial charge in [-0.05, 0) is 6.92 Å². The van der Waals surface area contributed by atoms with Crippen molar-refractivity contribution in [3.63, 3.8) is 0 Å². The Morgan fingerprint density at radius 1 is 1.73 bits per heavy atom. The summed E-state index contributed by atoms with van der Waals surface area (Å²) in [6, 6.07) is 0. The summed E-state index contributed by atoms with van der Waals surface area (Å²) in [5.41, 5.74) is 1.00. The zero-order valence-corrected chi connectivity index (χ0v) is 7.57. The normalized spacial score (nSPS) is 10.0. The summed E-state index contributed by atoms with van der Waals surface area (Å²) in [7, 11) is 1.86. The van der Waals surface area contributed by atoms with Gasteiger partial charge >= 0.3 is 0 Å². The Balaban J connectivity index is 2.44. The molecular formula is C7H12N2OS. The summed E-state index contributed by atoms with van der Waals surface area (Å²) < 4.78 is 5.19. The number of nitrogens with zero attached hydrogens (tertiary/aromatic N) is 1. The monoisotopic (exact) mass is 172 g/mol. The molecule has 0 spiro atoms. The average molecular weight is 172 g/mol. The fourth-order valence-electron chi connectivity index (χ4n) is 0.695. The lowest BCUT2D eigenvalue weighted by Crippen LogP contribution is -1.92. The van der Waals surface area contributed by atoms with Gasteiger partial charge in [-0.25, -0.2) is 4.98 Å². The number of rotatable bonds is 4. The average Bonchev–Trinajstić information content (AvgIpc) is 2.48. The minimum absolute atomic E-state index is 0.620. The van der Waals surface area contributed by atoms with E-state index in [1.165, 1.54) is 0 Å². The predicted molar refractivity (Wildman–Crippen MR) is 47.0 cm³/mol. The van der Waals surface area contributed by atoms with E-state index in [0.29, 0.717) is 6.61 Å². The number of anilines is 1. The van der Waals surface area contributed by atoms with Crippen molar-refractivity contribution in [3.05, 3.63) is 11.1 Å². The van der Waals surface area contributed by atoms with Crippen LogP contribution in [0.1, 0.15) is 12.6 Å². The topological polar surface area (TPSA) is 34.1 Å². The Kier molecular flexibility index (Phi) is 3.32.